The van der Waals surface area contributed by atoms with Crippen LogP contribution in [0.5, 0.6) is 0 Å². The number of carbonyl (C=O) groups excluding carboxylic acids is 1. The van der Waals surface area contributed by atoms with Crippen molar-refractivity contribution in [3.05, 3.63) is 69.6 Å². The molecule has 1 N–H and O–H groups in total. The van der Waals surface area contributed by atoms with Gasteiger partial charge in [0, 0.05) is 31.8 Å². The van der Waals surface area contributed by atoms with Crippen LogP contribution in [0.1, 0.15) is 29.7 Å². The summed E-state index contributed by atoms with van der Waals surface area (Å²) >= 11 is 12.1. The number of imidazole rings is 1. The molecule has 2 heterocycles. The number of nitrogens with zero attached hydrogens (tertiary/aromatic N) is 2. The lowest BCUT2D eigenvalue weighted by Gasteiger charge is -2.04. The van der Waals surface area contributed by atoms with E-state index in [1.165, 1.54) is 11.1 Å². The van der Waals surface area contributed by atoms with Crippen LogP contribution in [0, 0.1) is 6.92 Å². The Morgan fingerprint density at radius 1 is 1.15 bits per heavy atom. The number of hydrogen-bond acceptors (Lipinski definition) is 2. The highest BCUT2D eigenvalue weighted by molar-refractivity contribution is 6.36. The van der Waals surface area contributed by atoms with Crippen molar-refractivity contribution in [3.63, 3.8) is 0 Å². The molecule has 6 heteroatoms. The number of rotatable bonds is 7. The zero-order valence-electron chi connectivity index (χ0n) is 14.6. The van der Waals surface area contributed by atoms with E-state index in [0.717, 1.165) is 18.5 Å². The van der Waals surface area contributed by atoms with Crippen molar-refractivity contribution < 1.29 is 4.79 Å². The van der Waals surface area contributed by atoms with E-state index in [4.69, 9.17) is 23.2 Å². The van der Waals surface area contributed by atoms with Crippen molar-refractivity contribution in [2.24, 2.45) is 0 Å². The third kappa shape index (κ3) is 4.99. The lowest BCUT2D eigenvalue weighted by molar-refractivity contribution is -0.121. The summed E-state index contributed by atoms with van der Waals surface area (Å²) in [6.45, 7) is 2.63. The summed E-state index contributed by atoms with van der Waals surface area (Å²) in [5.74, 6) is 0.0713. The van der Waals surface area contributed by atoms with Gasteiger partial charge in [-0.2, -0.15) is 0 Å². The molecule has 0 fully saturated rings. The van der Waals surface area contributed by atoms with E-state index in [1.54, 1.807) is 12.3 Å². The van der Waals surface area contributed by atoms with Crippen LogP contribution < -0.4 is 5.32 Å². The highest BCUT2D eigenvalue weighted by atomic mass is 35.5. The standard InChI is InChI=1S/C20H21Cl2N3O/c1-14-5-7-15(8-6-14)3-2-4-19(26)23-10-9-17-13-25-12-16(21)11-18(22)20(25)24-17/h5-8,11-13H,2-4,9-10H2,1H3,(H,23,26). The molecule has 0 bridgehead atoms. The van der Waals surface area contributed by atoms with Gasteiger partial charge in [-0.3, -0.25) is 4.79 Å². The van der Waals surface area contributed by atoms with E-state index in [1.807, 2.05) is 10.6 Å². The van der Waals surface area contributed by atoms with Gasteiger partial charge in [0.05, 0.1) is 15.7 Å². The number of amides is 1. The first-order valence-electron chi connectivity index (χ1n) is 8.66. The topological polar surface area (TPSA) is 46.4 Å². The fourth-order valence-corrected chi connectivity index (χ4v) is 3.35. The molecule has 2 aromatic heterocycles. The lowest BCUT2D eigenvalue weighted by atomic mass is 10.1. The maximum Gasteiger partial charge on any atom is 0.220 e. The molecular formula is C20H21Cl2N3O. The number of halogens is 2. The minimum Gasteiger partial charge on any atom is -0.356 e. The Morgan fingerprint density at radius 3 is 2.69 bits per heavy atom. The van der Waals surface area contributed by atoms with Crippen molar-refractivity contribution in [2.45, 2.75) is 32.6 Å². The molecule has 0 spiro atoms. The van der Waals surface area contributed by atoms with E-state index in [-0.39, 0.29) is 5.91 Å². The minimum absolute atomic E-state index is 0.0713. The van der Waals surface area contributed by atoms with Crippen molar-refractivity contribution in [3.8, 4) is 0 Å². The number of aromatic nitrogens is 2. The predicted molar refractivity (Wildman–Crippen MR) is 106 cm³/mol. The van der Waals surface area contributed by atoms with Gasteiger partial charge in [-0.25, -0.2) is 4.98 Å². The molecule has 1 amide bonds. The second-order valence-electron chi connectivity index (χ2n) is 6.41. The first-order valence-corrected chi connectivity index (χ1v) is 9.42. The fourth-order valence-electron chi connectivity index (χ4n) is 2.82. The molecule has 26 heavy (non-hydrogen) atoms. The predicted octanol–water partition coefficient (Wildman–Crippen LogP) is 4.63. The second kappa shape index (κ2) is 8.56. The largest absolute Gasteiger partial charge is 0.356 e. The summed E-state index contributed by atoms with van der Waals surface area (Å²) in [5.41, 5.74) is 4.07. The highest BCUT2D eigenvalue weighted by Crippen LogP contribution is 2.21. The van der Waals surface area contributed by atoms with Gasteiger partial charge in [0.15, 0.2) is 5.65 Å². The zero-order valence-corrected chi connectivity index (χ0v) is 16.1. The van der Waals surface area contributed by atoms with Gasteiger partial charge >= 0.3 is 0 Å². The Labute approximate surface area is 163 Å². The number of benzene rings is 1. The molecule has 3 aromatic rings. The lowest BCUT2D eigenvalue weighted by Crippen LogP contribution is -2.25. The number of fused-ring (bicyclic) bond motifs is 1. The molecule has 136 valence electrons. The van der Waals surface area contributed by atoms with E-state index in [2.05, 4.69) is 41.5 Å². The Balaban J connectivity index is 1.42. The molecule has 0 aliphatic carbocycles. The summed E-state index contributed by atoms with van der Waals surface area (Å²) in [6, 6.07) is 10.1. The van der Waals surface area contributed by atoms with Crippen molar-refractivity contribution in [1.29, 1.82) is 0 Å². The molecule has 0 radical (unpaired) electrons. The molecule has 0 atom stereocenters. The van der Waals surface area contributed by atoms with Crippen LogP contribution in [-0.4, -0.2) is 21.8 Å². The molecule has 0 unspecified atom stereocenters. The van der Waals surface area contributed by atoms with E-state index in [0.29, 0.717) is 35.1 Å². The van der Waals surface area contributed by atoms with Crippen LogP contribution in [0.25, 0.3) is 5.65 Å². The minimum atomic E-state index is 0.0713. The molecule has 1 aromatic carbocycles. The summed E-state index contributed by atoms with van der Waals surface area (Å²) in [5, 5.41) is 4.03. The molecular weight excluding hydrogens is 369 g/mol. The smallest absolute Gasteiger partial charge is 0.220 e. The average Bonchev–Trinajstić information content (AvgIpc) is 3.00. The van der Waals surface area contributed by atoms with Crippen LogP contribution >= 0.6 is 23.2 Å². The average molecular weight is 390 g/mol. The van der Waals surface area contributed by atoms with Gasteiger partial charge in [0.2, 0.25) is 5.91 Å². The monoisotopic (exact) mass is 389 g/mol. The van der Waals surface area contributed by atoms with E-state index < -0.39 is 0 Å². The van der Waals surface area contributed by atoms with Crippen molar-refractivity contribution in [2.75, 3.05) is 6.54 Å². The van der Waals surface area contributed by atoms with Crippen LogP contribution in [0.3, 0.4) is 0 Å². The van der Waals surface area contributed by atoms with Gasteiger partial charge < -0.3 is 9.72 Å². The van der Waals surface area contributed by atoms with Crippen LogP contribution in [0.15, 0.2) is 42.7 Å². The number of carbonyl (C=O) groups is 1. The summed E-state index contributed by atoms with van der Waals surface area (Å²) in [6.07, 6.45) is 6.59. The zero-order chi connectivity index (χ0) is 18.5. The molecule has 3 rings (SSSR count). The molecule has 4 nitrogen and oxygen atoms in total. The van der Waals surface area contributed by atoms with Crippen LogP contribution in [-0.2, 0) is 17.6 Å². The van der Waals surface area contributed by atoms with Crippen molar-refractivity contribution in [1.82, 2.24) is 14.7 Å². The van der Waals surface area contributed by atoms with Crippen molar-refractivity contribution >= 4 is 34.8 Å². The van der Waals surface area contributed by atoms with Gasteiger partial charge in [-0.1, -0.05) is 53.0 Å². The van der Waals surface area contributed by atoms with Gasteiger partial charge in [-0.15, -0.1) is 0 Å². The summed E-state index contributed by atoms with van der Waals surface area (Å²) in [4.78, 5) is 16.5. The molecule has 0 aliphatic rings. The van der Waals surface area contributed by atoms with Crippen LogP contribution in [0.4, 0.5) is 0 Å². The summed E-state index contributed by atoms with van der Waals surface area (Å²) in [7, 11) is 0. The Hall–Kier alpha value is -2.04. The number of hydrogen-bond donors (Lipinski definition) is 1. The highest BCUT2D eigenvalue weighted by Gasteiger charge is 2.07. The van der Waals surface area contributed by atoms with Gasteiger partial charge in [-0.05, 0) is 31.4 Å². The first kappa shape index (κ1) is 18.7. The Bertz CT molecular complexity index is 903. The quantitative estimate of drug-likeness (QED) is 0.639. The molecule has 0 aliphatic heterocycles. The van der Waals surface area contributed by atoms with Crippen LogP contribution in [0.2, 0.25) is 10.0 Å². The van der Waals surface area contributed by atoms with E-state index in [9.17, 15) is 4.79 Å². The third-order valence-corrected chi connectivity index (χ3v) is 4.70. The third-order valence-electron chi connectivity index (χ3n) is 4.22. The SMILES string of the molecule is Cc1ccc(CCCC(=O)NCCc2cn3cc(Cl)cc(Cl)c3n2)cc1. The molecule has 0 saturated heterocycles. The number of nitrogens with one attached hydrogen (secondary N) is 1. The maximum absolute atomic E-state index is 12.0. The first-order chi connectivity index (χ1) is 12.5. The van der Waals surface area contributed by atoms with Gasteiger partial charge in [0.1, 0.15) is 0 Å². The Morgan fingerprint density at radius 2 is 1.92 bits per heavy atom. The van der Waals surface area contributed by atoms with E-state index >= 15 is 0 Å². The Kier molecular flexibility index (Phi) is 6.17. The molecule has 0 saturated carbocycles. The number of pyridine rings is 1. The van der Waals surface area contributed by atoms with Gasteiger partial charge in [0.25, 0.3) is 0 Å². The number of aryl methyl sites for hydroxylation is 2. The normalized spacial score (nSPS) is 11.0. The summed E-state index contributed by atoms with van der Waals surface area (Å²) < 4.78 is 1.81. The maximum atomic E-state index is 12.0. The second-order valence-corrected chi connectivity index (χ2v) is 7.25. The fraction of sp³-hybridized carbons (Fsp3) is 0.300.